The lowest BCUT2D eigenvalue weighted by Gasteiger charge is -2.32. The molecule has 1 aliphatic heterocycles. The molecule has 1 aromatic rings. The van der Waals surface area contributed by atoms with Crippen molar-refractivity contribution in [3.63, 3.8) is 0 Å². The minimum atomic E-state index is -1.48. The Morgan fingerprint density at radius 2 is 1.62 bits per heavy atom. The third-order valence-corrected chi connectivity index (χ3v) is 4.73. The Kier molecular flexibility index (Phi) is 5.85. The topological polar surface area (TPSA) is 15.7 Å². The molecule has 118 valence electrons. The summed E-state index contributed by atoms with van der Waals surface area (Å²) in [6.45, 7) is 12.7. The number of piperazine rings is 1. The van der Waals surface area contributed by atoms with E-state index in [9.17, 15) is 0 Å². The molecule has 4 heteroatoms. The van der Waals surface area contributed by atoms with Crippen LogP contribution >= 0.6 is 0 Å². The van der Waals surface area contributed by atoms with Crippen LogP contribution in [0.25, 0.3) is 0 Å². The predicted octanol–water partition coefficient (Wildman–Crippen LogP) is 3.08. The molecule has 0 saturated carbocycles. The summed E-state index contributed by atoms with van der Waals surface area (Å²) in [7, 11) is 0.730. The molecule has 0 atom stereocenters. The molecular weight excluding hydrogens is 276 g/mol. The molecule has 1 aliphatic rings. The van der Waals surface area contributed by atoms with Crippen LogP contribution in [0.2, 0.25) is 19.6 Å². The third kappa shape index (κ3) is 6.20. The lowest BCUT2D eigenvalue weighted by Crippen LogP contribution is -2.44. The molecule has 0 N–H and O–H groups in total. The van der Waals surface area contributed by atoms with Gasteiger partial charge in [0.1, 0.15) is 5.75 Å². The maximum Gasteiger partial charge on any atom is 0.242 e. The van der Waals surface area contributed by atoms with E-state index in [4.69, 9.17) is 4.43 Å². The van der Waals surface area contributed by atoms with Crippen molar-refractivity contribution in [1.82, 2.24) is 9.80 Å². The summed E-state index contributed by atoms with van der Waals surface area (Å²) in [6.07, 6.45) is 2.41. The normalized spacial score (nSPS) is 17.9. The highest BCUT2D eigenvalue weighted by molar-refractivity contribution is 6.70. The number of nitrogens with zero attached hydrogens (tertiary/aromatic N) is 2. The van der Waals surface area contributed by atoms with E-state index in [1.54, 1.807) is 0 Å². The van der Waals surface area contributed by atoms with Crippen LogP contribution in [-0.4, -0.2) is 57.9 Å². The maximum atomic E-state index is 5.99. The first-order chi connectivity index (χ1) is 9.92. The molecule has 1 saturated heterocycles. The molecule has 1 aromatic carbocycles. The molecule has 0 spiro atoms. The Bertz CT molecular complexity index is 419. The summed E-state index contributed by atoms with van der Waals surface area (Å²) in [5, 5.41) is 0. The van der Waals surface area contributed by atoms with Crippen molar-refractivity contribution in [2.45, 2.75) is 32.5 Å². The van der Waals surface area contributed by atoms with Crippen molar-refractivity contribution in [3.8, 4) is 5.75 Å². The Hall–Kier alpha value is -0.843. The van der Waals surface area contributed by atoms with Crippen LogP contribution in [0, 0.1) is 0 Å². The number of hydrogen-bond donors (Lipinski definition) is 0. The number of aryl methyl sites for hydroxylation is 1. The first-order valence-corrected chi connectivity index (χ1v) is 11.5. The molecule has 0 aromatic heterocycles. The average Bonchev–Trinajstić information content (AvgIpc) is 2.41. The van der Waals surface area contributed by atoms with Crippen LogP contribution in [-0.2, 0) is 6.42 Å². The van der Waals surface area contributed by atoms with Crippen molar-refractivity contribution in [2.75, 3.05) is 39.8 Å². The van der Waals surface area contributed by atoms with Gasteiger partial charge in [0.25, 0.3) is 0 Å². The van der Waals surface area contributed by atoms with Crippen LogP contribution in [0.15, 0.2) is 24.3 Å². The van der Waals surface area contributed by atoms with Gasteiger partial charge in [-0.15, -0.1) is 0 Å². The molecule has 0 aliphatic carbocycles. The zero-order chi connectivity index (χ0) is 15.3. The summed E-state index contributed by atoms with van der Waals surface area (Å²) in [4.78, 5) is 5.00. The smallest absolute Gasteiger partial charge is 0.242 e. The SMILES string of the molecule is CN1CCN(CCCc2ccc(O[Si](C)(C)C)cc2)CC1. The van der Waals surface area contributed by atoms with Gasteiger partial charge in [0.2, 0.25) is 8.32 Å². The second-order valence-electron chi connectivity index (χ2n) is 7.11. The van der Waals surface area contributed by atoms with Crippen molar-refractivity contribution < 1.29 is 4.43 Å². The lowest BCUT2D eigenvalue weighted by molar-refractivity contribution is 0.153. The minimum absolute atomic E-state index is 1.02. The quantitative estimate of drug-likeness (QED) is 0.751. The van der Waals surface area contributed by atoms with Gasteiger partial charge in [-0.25, -0.2) is 0 Å². The van der Waals surface area contributed by atoms with E-state index in [0.29, 0.717) is 0 Å². The van der Waals surface area contributed by atoms with Crippen molar-refractivity contribution >= 4 is 8.32 Å². The van der Waals surface area contributed by atoms with Crippen molar-refractivity contribution in [2.24, 2.45) is 0 Å². The molecule has 3 nitrogen and oxygen atoms in total. The zero-order valence-electron chi connectivity index (χ0n) is 14.1. The summed E-state index contributed by atoms with van der Waals surface area (Å²) in [5.74, 6) is 1.02. The van der Waals surface area contributed by atoms with E-state index < -0.39 is 8.32 Å². The standard InChI is InChI=1S/C17H30N2OSi/c1-18-12-14-19(15-13-18)11-5-6-16-7-9-17(10-8-16)20-21(2,3)4/h7-10H,5-6,11-15H2,1-4H3. The highest BCUT2D eigenvalue weighted by atomic mass is 28.4. The molecular formula is C17H30N2OSi. The summed E-state index contributed by atoms with van der Waals surface area (Å²) >= 11 is 0. The van der Waals surface area contributed by atoms with Gasteiger partial charge in [-0.2, -0.15) is 0 Å². The monoisotopic (exact) mass is 306 g/mol. The number of rotatable bonds is 6. The Morgan fingerprint density at radius 3 is 2.19 bits per heavy atom. The molecule has 1 heterocycles. The second-order valence-corrected chi connectivity index (χ2v) is 11.5. The van der Waals surface area contributed by atoms with Gasteiger partial charge in [-0.05, 0) is 63.8 Å². The van der Waals surface area contributed by atoms with Crippen LogP contribution < -0.4 is 4.43 Å². The minimum Gasteiger partial charge on any atom is -0.544 e. The van der Waals surface area contributed by atoms with E-state index in [2.05, 4.69) is 60.8 Å². The fourth-order valence-electron chi connectivity index (χ4n) is 2.66. The summed E-state index contributed by atoms with van der Waals surface area (Å²) in [5.41, 5.74) is 1.42. The highest BCUT2D eigenvalue weighted by Crippen LogP contribution is 2.17. The molecule has 1 fully saturated rings. The Balaban J connectivity index is 1.71. The Labute approximate surface area is 131 Å². The van der Waals surface area contributed by atoms with E-state index in [0.717, 1.165) is 5.75 Å². The van der Waals surface area contributed by atoms with Gasteiger partial charge < -0.3 is 14.2 Å². The summed E-state index contributed by atoms with van der Waals surface area (Å²) < 4.78 is 5.99. The van der Waals surface area contributed by atoms with E-state index in [1.165, 1.54) is 51.1 Å². The fourth-order valence-corrected chi connectivity index (χ4v) is 3.50. The van der Waals surface area contributed by atoms with Gasteiger partial charge in [0.05, 0.1) is 0 Å². The van der Waals surface area contributed by atoms with Crippen molar-refractivity contribution in [1.29, 1.82) is 0 Å². The zero-order valence-corrected chi connectivity index (χ0v) is 15.1. The van der Waals surface area contributed by atoms with Crippen LogP contribution in [0.3, 0.4) is 0 Å². The average molecular weight is 307 g/mol. The van der Waals surface area contributed by atoms with E-state index in [-0.39, 0.29) is 0 Å². The number of benzene rings is 1. The van der Waals surface area contributed by atoms with Crippen LogP contribution in [0.4, 0.5) is 0 Å². The third-order valence-electron chi connectivity index (χ3n) is 3.88. The molecule has 0 amide bonds. The van der Waals surface area contributed by atoms with Crippen LogP contribution in [0.5, 0.6) is 5.75 Å². The van der Waals surface area contributed by atoms with E-state index >= 15 is 0 Å². The molecule has 21 heavy (non-hydrogen) atoms. The fraction of sp³-hybridized carbons (Fsp3) is 0.647. The van der Waals surface area contributed by atoms with Gasteiger partial charge in [0, 0.05) is 26.2 Å². The van der Waals surface area contributed by atoms with Crippen molar-refractivity contribution in [3.05, 3.63) is 29.8 Å². The molecule has 0 unspecified atom stereocenters. The van der Waals surface area contributed by atoms with Gasteiger partial charge in [0.15, 0.2) is 0 Å². The lowest BCUT2D eigenvalue weighted by atomic mass is 10.1. The molecule has 0 bridgehead atoms. The summed E-state index contributed by atoms with van der Waals surface area (Å²) in [6, 6.07) is 8.70. The van der Waals surface area contributed by atoms with Gasteiger partial charge in [-0.1, -0.05) is 12.1 Å². The number of hydrogen-bond acceptors (Lipinski definition) is 3. The first-order valence-electron chi connectivity index (χ1n) is 8.11. The Morgan fingerprint density at radius 1 is 1.00 bits per heavy atom. The molecule has 2 rings (SSSR count). The van der Waals surface area contributed by atoms with Gasteiger partial charge in [-0.3, -0.25) is 0 Å². The number of likely N-dealkylation sites (N-methyl/N-ethyl adjacent to an activating group) is 1. The predicted molar refractivity (Wildman–Crippen MR) is 92.7 cm³/mol. The largest absolute Gasteiger partial charge is 0.544 e. The first kappa shape index (κ1) is 16.5. The van der Waals surface area contributed by atoms with E-state index in [1.807, 2.05) is 0 Å². The van der Waals surface area contributed by atoms with Gasteiger partial charge >= 0.3 is 0 Å². The van der Waals surface area contributed by atoms with Crippen LogP contribution in [0.1, 0.15) is 12.0 Å². The highest BCUT2D eigenvalue weighted by Gasteiger charge is 2.16. The molecule has 0 radical (unpaired) electrons. The maximum absolute atomic E-state index is 5.99. The second kappa shape index (κ2) is 7.43.